The molecule has 0 saturated heterocycles. The van der Waals surface area contributed by atoms with Crippen molar-refractivity contribution in [1.82, 2.24) is 5.32 Å². The van der Waals surface area contributed by atoms with Crippen LogP contribution in [0, 0.1) is 12.7 Å². The number of ether oxygens (including phenoxy) is 1. The maximum Gasteiger partial charge on any atom is 0.293 e. The molecule has 1 amide bonds. The van der Waals surface area contributed by atoms with Crippen LogP contribution < -0.4 is 5.32 Å². The Morgan fingerprint density at radius 1 is 1.32 bits per heavy atom. The van der Waals surface area contributed by atoms with Gasteiger partial charge in [0, 0.05) is 22.9 Å². The van der Waals surface area contributed by atoms with Gasteiger partial charge in [-0.05, 0) is 32.0 Å². The van der Waals surface area contributed by atoms with Gasteiger partial charge >= 0.3 is 0 Å². The highest BCUT2D eigenvalue weighted by molar-refractivity contribution is 9.09. The van der Waals surface area contributed by atoms with E-state index < -0.39 is 22.9 Å². The predicted octanol–water partition coefficient (Wildman–Crippen LogP) is 3.68. The van der Waals surface area contributed by atoms with Gasteiger partial charge < -0.3 is 9.84 Å². The number of nitrogens with one attached hydrogen (secondary N) is 1. The molecule has 28 heavy (non-hydrogen) atoms. The number of aryl methyl sites for hydroxylation is 1. The number of alkyl halides is 1. The lowest BCUT2D eigenvalue weighted by atomic mass is 9.80. The Morgan fingerprint density at radius 2 is 2.04 bits per heavy atom. The first-order valence-electron chi connectivity index (χ1n) is 8.89. The molecule has 1 unspecified atom stereocenters. The zero-order valence-electron chi connectivity index (χ0n) is 15.7. The maximum absolute atomic E-state index is 14.6. The molecule has 2 aromatic rings. The quantitative estimate of drug-likeness (QED) is 0.700. The van der Waals surface area contributed by atoms with Gasteiger partial charge in [-0.15, -0.1) is 0 Å². The number of hydrogen-bond donors (Lipinski definition) is 2. The Morgan fingerprint density at radius 3 is 2.68 bits per heavy atom. The third-order valence-electron chi connectivity index (χ3n) is 4.82. The van der Waals surface area contributed by atoms with Crippen molar-refractivity contribution in [1.29, 1.82) is 0 Å². The number of halogens is 2. The van der Waals surface area contributed by atoms with Crippen LogP contribution in [0.25, 0.3) is 0 Å². The van der Waals surface area contributed by atoms with E-state index >= 15 is 0 Å². The van der Waals surface area contributed by atoms with Crippen molar-refractivity contribution in [2.24, 2.45) is 4.99 Å². The Balaban J connectivity index is 2.02. The van der Waals surface area contributed by atoms with Gasteiger partial charge in [0.05, 0.1) is 12.1 Å². The molecule has 148 valence electrons. The molecule has 2 N–H and O–H groups in total. The van der Waals surface area contributed by atoms with Crippen molar-refractivity contribution >= 4 is 27.9 Å². The van der Waals surface area contributed by atoms with Crippen LogP contribution in [-0.4, -0.2) is 34.6 Å². The van der Waals surface area contributed by atoms with Crippen LogP contribution in [0.15, 0.2) is 53.5 Å². The highest BCUT2D eigenvalue weighted by atomic mass is 79.9. The van der Waals surface area contributed by atoms with E-state index in [1.807, 2.05) is 13.0 Å². The Kier molecular flexibility index (Phi) is 5.86. The molecule has 0 radical (unpaired) electrons. The fraction of sp³-hybridized carbons (Fsp3) is 0.333. The summed E-state index contributed by atoms with van der Waals surface area (Å²) in [6.45, 7) is 3.33. The molecule has 1 aliphatic heterocycles. The molecule has 5 nitrogen and oxygen atoms in total. The van der Waals surface area contributed by atoms with Crippen molar-refractivity contribution in [2.75, 3.05) is 11.9 Å². The lowest BCUT2D eigenvalue weighted by Crippen LogP contribution is -2.53. The monoisotopic (exact) mass is 448 g/mol. The number of nitrogens with zero attached hydrogens (tertiary/aromatic N) is 1. The molecule has 0 saturated carbocycles. The van der Waals surface area contributed by atoms with Crippen LogP contribution in [0.5, 0.6) is 0 Å². The van der Waals surface area contributed by atoms with Gasteiger partial charge in [-0.2, -0.15) is 0 Å². The lowest BCUT2D eigenvalue weighted by molar-refractivity contribution is -0.0224. The van der Waals surface area contributed by atoms with Gasteiger partial charge in [-0.1, -0.05) is 51.8 Å². The van der Waals surface area contributed by atoms with Gasteiger partial charge in [0.1, 0.15) is 11.4 Å². The van der Waals surface area contributed by atoms with E-state index in [0.29, 0.717) is 16.5 Å². The molecule has 2 aromatic carbocycles. The number of carbonyl (C=O) groups excluding carboxylic acids is 1. The van der Waals surface area contributed by atoms with Crippen LogP contribution in [-0.2, 0) is 10.3 Å². The van der Waals surface area contributed by atoms with Crippen molar-refractivity contribution < 1.29 is 19.0 Å². The lowest BCUT2D eigenvalue weighted by Gasteiger charge is -2.42. The molecule has 7 heteroatoms. The number of aliphatic imine (C=N–C) groups is 1. The SMILES string of the molecule is Cc1ccc(F)c([C@]2(C)CC(CO)(CBr)OC(NC(=O)c3ccccc3)=N2)c1. The topological polar surface area (TPSA) is 70.9 Å². The van der Waals surface area contributed by atoms with E-state index in [4.69, 9.17) is 4.74 Å². The van der Waals surface area contributed by atoms with Crippen LogP contribution in [0.3, 0.4) is 0 Å². The number of carbonyl (C=O) groups is 1. The van der Waals surface area contributed by atoms with E-state index in [2.05, 4.69) is 26.2 Å². The summed E-state index contributed by atoms with van der Waals surface area (Å²) in [5.74, 6) is -0.788. The predicted molar refractivity (Wildman–Crippen MR) is 109 cm³/mol. The number of amides is 1. The van der Waals surface area contributed by atoms with Crippen molar-refractivity contribution in [2.45, 2.75) is 31.4 Å². The minimum absolute atomic E-state index is 0.0444. The average molecular weight is 449 g/mol. The van der Waals surface area contributed by atoms with Gasteiger partial charge in [0.25, 0.3) is 11.9 Å². The molecule has 0 aromatic heterocycles. The van der Waals surface area contributed by atoms with Crippen molar-refractivity contribution in [3.05, 3.63) is 71.0 Å². The largest absolute Gasteiger partial charge is 0.455 e. The normalized spacial score (nSPS) is 24.2. The first-order chi connectivity index (χ1) is 13.3. The molecule has 0 bridgehead atoms. The second-order valence-corrected chi connectivity index (χ2v) is 7.81. The second-order valence-electron chi connectivity index (χ2n) is 7.25. The summed E-state index contributed by atoms with van der Waals surface area (Å²) in [4.78, 5) is 17.1. The average Bonchev–Trinajstić information content (AvgIpc) is 2.70. The van der Waals surface area contributed by atoms with Gasteiger partial charge in [0.15, 0.2) is 0 Å². The minimum Gasteiger partial charge on any atom is -0.455 e. The van der Waals surface area contributed by atoms with E-state index in [9.17, 15) is 14.3 Å². The smallest absolute Gasteiger partial charge is 0.293 e. The van der Waals surface area contributed by atoms with E-state index in [1.54, 1.807) is 43.3 Å². The van der Waals surface area contributed by atoms with Crippen LogP contribution >= 0.6 is 15.9 Å². The molecule has 0 aliphatic carbocycles. The molecule has 2 atom stereocenters. The highest BCUT2D eigenvalue weighted by Gasteiger charge is 2.47. The number of benzene rings is 2. The molecule has 0 spiro atoms. The summed E-state index contributed by atoms with van der Waals surface area (Å²) < 4.78 is 20.5. The standard InChI is InChI=1S/C21H22BrFN2O3/c1-14-8-9-17(23)16(10-14)20(2)11-21(12-22,13-26)28-19(25-20)24-18(27)15-6-4-3-5-7-15/h3-10,26H,11-13H2,1-2H3,(H,24,25,27)/t20-,21?/m0/s1. The summed E-state index contributed by atoms with van der Waals surface area (Å²) in [5, 5.41) is 12.9. The van der Waals surface area contributed by atoms with Gasteiger partial charge in [0.2, 0.25) is 0 Å². The summed E-state index contributed by atoms with van der Waals surface area (Å²) in [6.07, 6.45) is 0.243. The van der Waals surface area contributed by atoms with Crippen LogP contribution in [0.2, 0.25) is 0 Å². The summed E-state index contributed by atoms with van der Waals surface area (Å²) in [5.41, 5.74) is -0.351. The van der Waals surface area contributed by atoms with Gasteiger partial charge in [-0.3, -0.25) is 10.1 Å². The first kappa shape index (κ1) is 20.5. The number of hydrogen-bond acceptors (Lipinski definition) is 4. The van der Waals surface area contributed by atoms with Crippen LogP contribution in [0.1, 0.15) is 34.8 Å². The van der Waals surface area contributed by atoms with Crippen LogP contribution in [0.4, 0.5) is 4.39 Å². The van der Waals surface area contributed by atoms with E-state index in [1.165, 1.54) is 6.07 Å². The first-order valence-corrected chi connectivity index (χ1v) is 10.0. The summed E-state index contributed by atoms with van der Waals surface area (Å²) in [7, 11) is 0. The zero-order chi connectivity index (χ0) is 20.4. The molecular formula is C21H22BrFN2O3. The summed E-state index contributed by atoms with van der Waals surface area (Å²) >= 11 is 3.38. The summed E-state index contributed by atoms with van der Waals surface area (Å²) in [6, 6.07) is 13.4. The number of aliphatic hydroxyl groups excluding tert-OH is 1. The minimum atomic E-state index is -1.05. The highest BCUT2D eigenvalue weighted by Crippen LogP contribution is 2.41. The zero-order valence-corrected chi connectivity index (χ0v) is 17.3. The number of aliphatic hydroxyl groups is 1. The molecule has 1 heterocycles. The van der Waals surface area contributed by atoms with Crippen molar-refractivity contribution in [3.63, 3.8) is 0 Å². The Labute approximate surface area is 171 Å². The molecule has 1 aliphatic rings. The van der Waals surface area contributed by atoms with Gasteiger partial charge in [-0.25, -0.2) is 9.38 Å². The maximum atomic E-state index is 14.6. The Bertz CT molecular complexity index is 900. The molecule has 0 fully saturated rings. The van der Waals surface area contributed by atoms with E-state index in [0.717, 1.165) is 5.56 Å². The third kappa shape index (κ3) is 4.10. The number of amidine groups is 1. The molecule has 3 rings (SSSR count). The van der Waals surface area contributed by atoms with E-state index in [-0.39, 0.29) is 19.0 Å². The number of rotatable bonds is 4. The Hall–Kier alpha value is -2.25. The second kappa shape index (κ2) is 8.01. The fourth-order valence-corrected chi connectivity index (χ4v) is 3.87. The third-order valence-corrected chi connectivity index (χ3v) is 5.84. The fourth-order valence-electron chi connectivity index (χ4n) is 3.38. The van der Waals surface area contributed by atoms with Crippen molar-refractivity contribution in [3.8, 4) is 0 Å². The molecular weight excluding hydrogens is 427 g/mol.